The number of rotatable bonds is 4. The summed E-state index contributed by atoms with van der Waals surface area (Å²) in [5.74, 6) is -0.608. The standard InChI is InChI=1S/C12H15N3O3/c1-7(13)2-5-11(16)14-8-3-4-10-9(6-8)15-12(17)18-10/h3-4,6-7H,2,5,13H2,1H3,(H,14,16)(H,15,17). The second kappa shape index (κ2) is 5.05. The maximum absolute atomic E-state index is 11.6. The van der Waals surface area contributed by atoms with E-state index in [-0.39, 0.29) is 11.9 Å². The number of carbonyl (C=O) groups is 1. The summed E-state index contributed by atoms with van der Waals surface area (Å²) in [7, 11) is 0. The highest BCUT2D eigenvalue weighted by atomic mass is 16.4. The molecule has 1 amide bonds. The number of anilines is 1. The van der Waals surface area contributed by atoms with Crippen LogP contribution in [-0.2, 0) is 4.79 Å². The molecule has 1 aromatic carbocycles. The molecular formula is C12H15N3O3. The van der Waals surface area contributed by atoms with Gasteiger partial charge in [0.2, 0.25) is 5.91 Å². The van der Waals surface area contributed by atoms with Gasteiger partial charge in [-0.1, -0.05) is 0 Å². The van der Waals surface area contributed by atoms with Crippen molar-refractivity contribution in [3.63, 3.8) is 0 Å². The lowest BCUT2D eigenvalue weighted by molar-refractivity contribution is -0.116. The lowest BCUT2D eigenvalue weighted by Gasteiger charge is -2.06. The lowest BCUT2D eigenvalue weighted by atomic mass is 10.2. The molecule has 18 heavy (non-hydrogen) atoms. The van der Waals surface area contributed by atoms with Crippen molar-refractivity contribution in [1.29, 1.82) is 0 Å². The molecule has 4 N–H and O–H groups in total. The van der Waals surface area contributed by atoms with E-state index in [0.29, 0.717) is 29.6 Å². The number of benzene rings is 1. The molecule has 2 rings (SSSR count). The first-order valence-corrected chi connectivity index (χ1v) is 5.73. The Kier molecular flexibility index (Phi) is 3.47. The van der Waals surface area contributed by atoms with Crippen LogP contribution in [0, 0.1) is 0 Å². The Labute approximate surface area is 103 Å². The third-order valence-electron chi connectivity index (χ3n) is 2.53. The van der Waals surface area contributed by atoms with Crippen LogP contribution in [-0.4, -0.2) is 16.9 Å². The molecule has 0 saturated carbocycles. The van der Waals surface area contributed by atoms with E-state index < -0.39 is 5.76 Å². The fraction of sp³-hybridized carbons (Fsp3) is 0.333. The fourth-order valence-corrected chi connectivity index (χ4v) is 1.61. The van der Waals surface area contributed by atoms with E-state index in [2.05, 4.69) is 10.3 Å². The summed E-state index contributed by atoms with van der Waals surface area (Å²) in [4.78, 5) is 25.1. The average Bonchev–Trinajstić information content (AvgIpc) is 2.66. The predicted octanol–water partition coefficient (Wildman–Crippen LogP) is 1.19. The summed E-state index contributed by atoms with van der Waals surface area (Å²) >= 11 is 0. The van der Waals surface area contributed by atoms with Gasteiger partial charge < -0.3 is 15.5 Å². The number of amides is 1. The van der Waals surface area contributed by atoms with Crippen molar-refractivity contribution in [3.8, 4) is 0 Å². The maximum atomic E-state index is 11.6. The van der Waals surface area contributed by atoms with E-state index in [9.17, 15) is 9.59 Å². The van der Waals surface area contributed by atoms with E-state index in [0.717, 1.165) is 0 Å². The van der Waals surface area contributed by atoms with Crippen molar-refractivity contribution in [3.05, 3.63) is 28.7 Å². The lowest BCUT2D eigenvalue weighted by Crippen LogP contribution is -2.19. The predicted molar refractivity (Wildman–Crippen MR) is 68.3 cm³/mol. The quantitative estimate of drug-likeness (QED) is 0.757. The number of carbonyl (C=O) groups excluding carboxylic acids is 1. The zero-order valence-electron chi connectivity index (χ0n) is 10.0. The normalized spacial score (nSPS) is 12.6. The molecule has 0 aliphatic heterocycles. The van der Waals surface area contributed by atoms with E-state index in [1.165, 1.54) is 0 Å². The van der Waals surface area contributed by atoms with Gasteiger partial charge >= 0.3 is 5.76 Å². The third-order valence-corrected chi connectivity index (χ3v) is 2.53. The van der Waals surface area contributed by atoms with Crippen LogP contribution in [0.3, 0.4) is 0 Å². The van der Waals surface area contributed by atoms with Gasteiger partial charge in [-0.25, -0.2) is 4.79 Å². The number of hydrogen-bond donors (Lipinski definition) is 3. The summed E-state index contributed by atoms with van der Waals surface area (Å²) in [6, 6.07) is 4.98. The van der Waals surface area contributed by atoms with E-state index >= 15 is 0 Å². The molecule has 1 atom stereocenters. The summed E-state index contributed by atoms with van der Waals surface area (Å²) in [6.07, 6.45) is 1.01. The molecular weight excluding hydrogens is 234 g/mol. The second-order valence-corrected chi connectivity index (χ2v) is 4.29. The highest BCUT2D eigenvalue weighted by molar-refractivity contribution is 5.92. The minimum Gasteiger partial charge on any atom is -0.408 e. The molecule has 0 aliphatic carbocycles. The van der Waals surface area contributed by atoms with E-state index in [1.54, 1.807) is 18.2 Å². The van der Waals surface area contributed by atoms with Gasteiger partial charge in [0, 0.05) is 18.2 Å². The number of hydrogen-bond acceptors (Lipinski definition) is 4. The van der Waals surface area contributed by atoms with Crippen molar-refractivity contribution in [2.24, 2.45) is 5.73 Å². The molecule has 0 fully saturated rings. The highest BCUT2D eigenvalue weighted by Crippen LogP contribution is 2.16. The number of H-pyrrole nitrogens is 1. The number of fused-ring (bicyclic) bond motifs is 1. The van der Waals surface area contributed by atoms with Crippen LogP contribution in [0.2, 0.25) is 0 Å². The fourth-order valence-electron chi connectivity index (χ4n) is 1.61. The van der Waals surface area contributed by atoms with Gasteiger partial charge in [0.1, 0.15) is 0 Å². The highest BCUT2D eigenvalue weighted by Gasteiger charge is 2.06. The molecule has 0 aliphatic rings. The van der Waals surface area contributed by atoms with E-state index in [1.807, 2.05) is 6.92 Å². The van der Waals surface area contributed by atoms with Crippen LogP contribution in [0.1, 0.15) is 19.8 Å². The Morgan fingerprint density at radius 2 is 2.33 bits per heavy atom. The van der Waals surface area contributed by atoms with Crippen LogP contribution in [0.25, 0.3) is 11.1 Å². The SMILES string of the molecule is CC(N)CCC(=O)Nc1ccc2oc(=O)[nH]c2c1. The summed E-state index contributed by atoms with van der Waals surface area (Å²) in [5, 5.41) is 2.74. The minimum absolute atomic E-state index is 0.00320. The smallest absolute Gasteiger partial charge is 0.408 e. The monoisotopic (exact) mass is 249 g/mol. The van der Waals surface area contributed by atoms with Gasteiger partial charge in [0.05, 0.1) is 5.52 Å². The molecule has 0 spiro atoms. The molecule has 2 aromatic rings. The largest absolute Gasteiger partial charge is 0.417 e. The topological polar surface area (TPSA) is 101 Å². The van der Waals surface area contributed by atoms with Gasteiger partial charge in [0.15, 0.2) is 5.58 Å². The van der Waals surface area contributed by atoms with Crippen molar-refractivity contribution >= 4 is 22.7 Å². The van der Waals surface area contributed by atoms with Gasteiger partial charge in [-0.05, 0) is 31.5 Å². The Hall–Kier alpha value is -2.08. The number of nitrogens with two attached hydrogens (primary N) is 1. The van der Waals surface area contributed by atoms with Gasteiger partial charge in [-0.2, -0.15) is 0 Å². The molecule has 1 heterocycles. The summed E-state index contributed by atoms with van der Waals surface area (Å²) in [5.41, 5.74) is 7.23. The van der Waals surface area contributed by atoms with Gasteiger partial charge in [-0.15, -0.1) is 0 Å². The Bertz CT molecular complexity index is 612. The molecule has 0 radical (unpaired) electrons. The molecule has 96 valence electrons. The van der Waals surface area contributed by atoms with Crippen LogP contribution >= 0.6 is 0 Å². The van der Waals surface area contributed by atoms with Crippen LogP contribution in [0.4, 0.5) is 5.69 Å². The Morgan fingerprint density at radius 3 is 3.06 bits per heavy atom. The van der Waals surface area contributed by atoms with Crippen LogP contribution in [0.15, 0.2) is 27.4 Å². The summed E-state index contributed by atoms with van der Waals surface area (Å²) < 4.78 is 4.87. The molecule has 1 unspecified atom stereocenters. The zero-order chi connectivity index (χ0) is 13.1. The first-order chi connectivity index (χ1) is 8.54. The number of nitrogens with one attached hydrogen (secondary N) is 2. The van der Waals surface area contributed by atoms with Gasteiger partial charge in [0.25, 0.3) is 0 Å². The summed E-state index contributed by atoms with van der Waals surface area (Å²) in [6.45, 7) is 1.86. The number of oxazole rings is 1. The molecule has 6 nitrogen and oxygen atoms in total. The van der Waals surface area contributed by atoms with E-state index in [4.69, 9.17) is 10.2 Å². The van der Waals surface area contributed by atoms with Crippen LogP contribution in [0.5, 0.6) is 0 Å². The Balaban J connectivity index is 2.07. The zero-order valence-corrected chi connectivity index (χ0v) is 10.0. The Morgan fingerprint density at radius 1 is 1.56 bits per heavy atom. The van der Waals surface area contributed by atoms with Crippen LogP contribution < -0.4 is 16.8 Å². The van der Waals surface area contributed by atoms with Gasteiger partial charge in [-0.3, -0.25) is 9.78 Å². The second-order valence-electron chi connectivity index (χ2n) is 4.29. The average molecular weight is 249 g/mol. The molecule has 0 bridgehead atoms. The minimum atomic E-state index is -0.509. The first kappa shape index (κ1) is 12.4. The maximum Gasteiger partial charge on any atom is 0.417 e. The van der Waals surface area contributed by atoms with Crippen molar-refractivity contribution < 1.29 is 9.21 Å². The third kappa shape index (κ3) is 2.98. The molecule has 1 aromatic heterocycles. The molecule has 0 saturated heterocycles. The number of aromatic nitrogens is 1. The first-order valence-electron chi connectivity index (χ1n) is 5.73. The van der Waals surface area contributed by atoms with Crippen molar-refractivity contribution in [2.75, 3.05) is 5.32 Å². The van der Waals surface area contributed by atoms with Crippen molar-refractivity contribution in [2.45, 2.75) is 25.8 Å². The molecule has 6 heteroatoms. The number of aromatic amines is 1. The van der Waals surface area contributed by atoms with Crippen molar-refractivity contribution in [1.82, 2.24) is 4.98 Å².